The van der Waals surface area contributed by atoms with Crippen LogP contribution < -0.4 is 5.73 Å². The lowest BCUT2D eigenvalue weighted by Gasteiger charge is -2.56. The standard InChI is InChI=1S/C26H32N2O3.ClH/c1-31-26(21-9-4-8-18(12-21)24(27)29)22-10-5-11-23(26)16-28(15-22)17-25(30)13-19-6-2-3-7-20(19)14-25;/h2-4,6-9,12,22-23,30H,5,10-11,13-17H2,1H3,(H2,27,29);1H/t22-,23+,26?;. The van der Waals surface area contributed by atoms with Crippen molar-refractivity contribution in [1.29, 1.82) is 0 Å². The topological polar surface area (TPSA) is 75.8 Å². The maximum Gasteiger partial charge on any atom is 0.248 e. The van der Waals surface area contributed by atoms with Gasteiger partial charge in [0.1, 0.15) is 5.60 Å². The number of ether oxygens (including phenoxy) is 1. The van der Waals surface area contributed by atoms with Crippen molar-refractivity contribution in [2.75, 3.05) is 26.7 Å². The molecule has 1 saturated heterocycles. The number of aliphatic hydroxyl groups is 1. The van der Waals surface area contributed by atoms with Gasteiger partial charge in [-0.2, -0.15) is 0 Å². The van der Waals surface area contributed by atoms with Gasteiger partial charge in [0.15, 0.2) is 0 Å². The molecule has 1 heterocycles. The molecule has 0 aromatic heterocycles. The van der Waals surface area contributed by atoms with Crippen LogP contribution in [0, 0.1) is 11.8 Å². The normalized spacial score (nSPS) is 28.6. The number of primary amides is 1. The minimum Gasteiger partial charge on any atom is -0.388 e. The second kappa shape index (κ2) is 8.79. The van der Waals surface area contributed by atoms with E-state index in [0.29, 0.717) is 23.9 Å². The smallest absolute Gasteiger partial charge is 0.248 e. The molecule has 2 aromatic carbocycles. The van der Waals surface area contributed by atoms with Crippen LogP contribution in [0.5, 0.6) is 0 Å². The number of hydrogen-bond acceptors (Lipinski definition) is 4. The zero-order chi connectivity index (χ0) is 21.6. The van der Waals surface area contributed by atoms with Crippen LogP contribution >= 0.6 is 12.4 Å². The van der Waals surface area contributed by atoms with Gasteiger partial charge in [-0.15, -0.1) is 12.4 Å². The number of fused-ring (bicyclic) bond motifs is 3. The Morgan fingerprint density at radius 1 is 1.09 bits per heavy atom. The molecule has 2 aliphatic carbocycles. The van der Waals surface area contributed by atoms with Crippen molar-refractivity contribution in [2.24, 2.45) is 17.6 Å². The van der Waals surface area contributed by atoms with Crippen LogP contribution in [0.3, 0.4) is 0 Å². The minimum atomic E-state index is -0.697. The monoisotopic (exact) mass is 456 g/mol. The lowest BCUT2D eigenvalue weighted by Crippen LogP contribution is -2.61. The largest absolute Gasteiger partial charge is 0.388 e. The summed E-state index contributed by atoms with van der Waals surface area (Å²) in [5, 5.41) is 11.4. The summed E-state index contributed by atoms with van der Waals surface area (Å²) in [5.74, 6) is 0.236. The fourth-order valence-corrected chi connectivity index (χ4v) is 6.69. The maximum absolute atomic E-state index is 11.8. The number of amides is 1. The molecule has 1 aliphatic heterocycles. The summed E-state index contributed by atoms with van der Waals surface area (Å²) in [5.41, 5.74) is 8.61. The molecule has 2 bridgehead atoms. The van der Waals surface area contributed by atoms with Gasteiger partial charge in [0.2, 0.25) is 5.91 Å². The lowest BCUT2D eigenvalue weighted by atomic mass is 9.62. The summed E-state index contributed by atoms with van der Waals surface area (Å²) >= 11 is 0. The van der Waals surface area contributed by atoms with Gasteiger partial charge in [-0.05, 0) is 41.7 Å². The van der Waals surface area contributed by atoms with Crippen molar-refractivity contribution < 1.29 is 14.6 Å². The highest BCUT2D eigenvalue weighted by atomic mass is 35.5. The molecule has 5 nitrogen and oxygen atoms in total. The van der Waals surface area contributed by atoms with Gasteiger partial charge in [-0.3, -0.25) is 9.69 Å². The number of hydrogen-bond donors (Lipinski definition) is 2. The van der Waals surface area contributed by atoms with Crippen molar-refractivity contribution in [3.05, 3.63) is 70.8 Å². The third-order valence-electron chi connectivity index (χ3n) is 7.89. The van der Waals surface area contributed by atoms with Crippen LogP contribution in [-0.4, -0.2) is 48.3 Å². The van der Waals surface area contributed by atoms with Crippen molar-refractivity contribution in [2.45, 2.75) is 43.3 Å². The van der Waals surface area contributed by atoms with Gasteiger partial charge in [0.25, 0.3) is 0 Å². The first kappa shape index (κ1) is 23.2. The molecule has 1 unspecified atom stereocenters. The van der Waals surface area contributed by atoms with E-state index in [1.165, 1.54) is 17.5 Å². The van der Waals surface area contributed by atoms with E-state index >= 15 is 0 Å². The first-order valence-electron chi connectivity index (χ1n) is 11.4. The Bertz CT molecular complexity index is 956. The average molecular weight is 457 g/mol. The number of benzene rings is 2. The molecule has 0 spiro atoms. The predicted molar refractivity (Wildman–Crippen MR) is 127 cm³/mol. The van der Waals surface area contributed by atoms with Crippen LogP contribution in [0.1, 0.15) is 46.3 Å². The number of rotatable bonds is 5. The lowest BCUT2D eigenvalue weighted by molar-refractivity contribution is -0.175. The Balaban J connectivity index is 0.00000245. The highest BCUT2D eigenvalue weighted by Crippen LogP contribution is 2.52. The third-order valence-corrected chi connectivity index (χ3v) is 7.89. The highest BCUT2D eigenvalue weighted by molar-refractivity contribution is 5.93. The van der Waals surface area contributed by atoms with Crippen LogP contribution in [0.4, 0.5) is 0 Å². The molecule has 2 fully saturated rings. The first-order chi connectivity index (χ1) is 14.9. The van der Waals surface area contributed by atoms with E-state index in [9.17, 15) is 9.90 Å². The van der Waals surface area contributed by atoms with E-state index < -0.39 is 17.1 Å². The fraction of sp³-hybridized carbons (Fsp3) is 0.500. The SMILES string of the molecule is COC1(c2cccc(C(N)=O)c2)[C@@H]2CCC[C@H]1CN(CC1(O)Cc3ccccc3C1)C2.Cl. The first-order valence-corrected chi connectivity index (χ1v) is 11.4. The number of nitrogens with zero attached hydrogens (tertiary/aromatic N) is 1. The number of likely N-dealkylation sites (tertiary alicyclic amines) is 1. The van der Waals surface area contributed by atoms with Gasteiger partial charge in [0, 0.05) is 57.0 Å². The minimum absolute atomic E-state index is 0. The second-order valence-electron chi connectivity index (χ2n) is 9.81. The molecule has 2 aromatic rings. The van der Waals surface area contributed by atoms with E-state index in [1.54, 1.807) is 13.2 Å². The summed E-state index contributed by atoms with van der Waals surface area (Å²) < 4.78 is 6.32. The second-order valence-corrected chi connectivity index (χ2v) is 9.81. The summed E-state index contributed by atoms with van der Waals surface area (Å²) in [6.45, 7) is 2.48. The van der Waals surface area contributed by atoms with Gasteiger partial charge < -0.3 is 15.6 Å². The molecule has 0 radical (unpaired) electrons. The van der Waals surface area contributed by atoms with Crippen LogP contribution in [0.25, 0.3) is 0 Å². The summed E-state index contributed by atoms with van der Waals surface area (Å²) in [4.78, 5) is 14.2. The molecule has 1 saturated carbocycles. The fourth-order valence-electron chi connectivity index (χ4n) is 6.69. The molecule has 172 valence electrons. The van der Waals surface area contributed by atoms with Crippen molar-refractivity contribution in [1.82, 2.24) is 4.90 Å². The van der Waals surface area contributed by atoms with Crippen LogP contribution in [0.2, 0.25) is 0 Å². The van der Waals surface area contributed by atoms with Gasteiger partial charge in [-0.1, -0.05) is 42.8 Å². The van der Waals surface area contributed by atoms with Crippen molar-refractivity contribution in [3.8, 4) is 0 Å². The molecule has 6 heteroatoms. The van der Waals surface area contributed by atoms with E-state index in [-0.39, 0.29) is 12.4 Å². The number of piperidine rings is 1. The van der Waals surface area contributed by atoms with Gasteiger partial charge >= 0.3 is 0 Å². The Kier molecular flexibility index (Phi) is 6.38. The molecular formula is C26H33ClN2O3. The number of halogens is 1. The van der Waals surface area contributed by atoms with Gasteiger partial charge in [0.05, 0.1) is 5.60 Å². The zero-order valence-electron chi connectivity index (χ0n) is 18.6. The molecular weight excluding hydrogens is 424 g/mol. The van der Waals surface area contributed by atoms with Crippen LogP contribution in [0.15, 0.2) is 48.5 Å². The number of nitrogens with two attached hydrogens (primary N) is 1. The van der Waals surface area contributed by atoms with E-state index in [0.717, 1.165) is 44.3 Å². The summed E-state index contributed by atoms with van der Waals surface area (Å²) in [6.07, 6.45) is 4.82. The van der Waals surface area contributed by atoms with Crippen LogP contribution in [-0.2, 0) is 23.2 Å². The predicted octanol–water partition coefficient (Wildman–Crippen LogP) is 3.31. The van der Waals surface area contributed by atoms with Gasteiger partial charge in [-0.25, -0.2) is 0 Å². The number of carbonyl (C=O) groups is 1. The quantitative estimate of drug-likeness (QED) is 0.723. The molecule has 1 amide bonds. The molecule has 3 aliphatic rings. The Morgan fingerprint density at radius 2 is 1.72 bits per heavy atom. The Labute approximate surface area is 196 Å². The van der Waals surface area contributed by atoms with Crippen molar-refractivity contribution >= 4 is 18.3 Å². The van der Waals surface area contributed by atoms with E-state index in [2.05, 4.69) is 35.2 Å². The zero-order valence-corrected chi connectivity index (χ0v) is 19.4. The third kappa shape index (κ3) is 3.86. The molecule has 3 N–H and O–H groups in total. The summed E-state index contributed by atoms with van der Waals surface area (Å²) in [7, 11) is 1.80. The number of β-amino-alcohol motifs (C(OH)–C–C–N with tert-alkyl or cyclic N) is 1. The Morgan fingerprint density at radius 3 is 2.28 bits per heavy atom. The number of methoxy groups -OCH3 is 1. The van der Waals surface area contributed by atoms with E-state index in [4.69, 9.17) is 10.5 Å². The van der Waals surface area contributed by atoms with E-state index in [1.807, 2.05) is 12.1 Å². The highest BCUT2D eigenvalue weighted by Gasteiger charge is 2.54. The Hall–Kier alpha value is -1.92. The molecule has 5 rings (SSSR count). The average Bonchev–Trinajstić information content (AvgIpc) is 3.08. The van der Waals surface area contributed by atoms with Crippen molar-refractivity contribution in [3.63, 3.8) is 0 Å². The molecule has 3 atom stereocenters. The maximum atomic E-state index is 11.8. The number of carbonyl (C=O) groups excluding carboxylic acids is 1. The molecule has 32 heavy (non-hydrogen) atoms. The summed E-state index contributed by atoms with van der Waals surface area (Å²) in [6, 6.07) is 16.1.